The van der Waals surface area contributed by atoms with Crippen LogP contribution in [0.3, 0.4) is 0 Å². The first-order valence-corrected chi connectivity index (χ1v) is 11.2. The van der Waals surface area contributed by atoms with Crippen molar-refractivity contribution in [2.75, 3.05) is 24.5 Å². The van der Waals surface area contributed by atoms with Crippen LogP contribution in [0.1, 0.15) is 32.3 Å². The van der Waals surface area contributed by atoms with Crippen LogP contribution in [-0.2, 0) is 16.1 Å². The Balaban J connectivity index is 1.48. The Morgan fingerprint density at radius 3 is 2.56 bits per heavy atom. The fraction of sp³-hybridized carbons (Fsp3) is 0.440. The van der Waals surface area contributed by atoms with Crippen molar-refractivity contribution < 1.29 is 18.7 Å². The molecule has 0 aromatic heterocycles. The number of hydrogen-bond donors (Lipinski definition) is 2. The van der Waals surface area contributed by atoms with E-state index in [9.17, 15) is 14.0 Å². The van der Waals surface area contributed by atoms with E-state index in [1.807, 2.05) is 44.2 Å². The van der Waals surface area contributed by atoms with Gasteiger partial charge < -0.3 is 20.3 Å². The highest BCUT2D eigenvalue weighted by Gasteiger charge is 2.28. The number of halogens is 1. The lowest BCUT2D eigenvalue weighted by molar-refractivity contribution is -0.124. The van der Waals surface area contributed by atoms with E-state index in [4.69, 9.17) is 4.74 Å². The summed E-state index contributed by atoms with van der Waals surface area (Å²) in [7, 11) is 0. The van der Waals surface area contributed by atoms with E-state index in [-0.39, 0.29) is 24.2 Å². The Labute approximate surface area is 189 Å². The zero-order chi connectivity index (χ0) is 22.9. The molecule has 1 unspecified atom stereocenters. The molecule has 7 heteroatoms. The molecule has 0 bridgehead atoms. The molecule has 2 amide bonds. The van der Waals surface area contributed by atoms with E-state index in [2.05, 4.69) is 15.5 Å². The number of alkyl carbamates (subject to hydrolysis) is 1. The lowest BCUT2D eigenvalue weighted by Crippen LogP contribution is -2.51. The predicted molar refractivity (Wildman–Crippen MR) is 123 cm³/mol. The van der Waals surface area contributed by atoms with Gasteiger partial charge in [-0.2, -0.15) is 0 Å². The second-order valence-electron chi connectivity index (χ2n) is 8.39. The molecule has 0 saturated carbocycles. The van der Waals surface area contributed by atoms with Gasteiger partial charge in [0.2, 0.25) is 5.91 Å². The monoisotopic (exact) mass is 441 g/mol. The second kappa shape index (κ2) is 11.5. The van der Waals surface area contributed by atoms with Crippen molar-refractivity contribution in [3.05, 3.63) is 66.0 Å². The summed E-state index contributed by atoms with van der Waals surface area (Å²) in [5, 5.41) is 5.74. The molecule has 2 N–H and O–H groups in total. The van der Waals surface area contributed by atoms with Crippen molar-refractivity contribution in [1.29, 1.82) is 0 Å². The van der Waals surface area contributed by atoms with Crippen LogP contribution in [0.15, 0.2) is 54.6 Å². The van der Waals surface area contributed by atoms with E-state index in [0.717, 1.165) is 37.2 Å². The van der Waals surface area contributed by atoms with Gasteiger partial charge in [0.25, 0.3) is 0 Å². The van der Waals surface area contributed by atoms with Crippen molar-refractivity contribution in [3.63, 3.8) is 0 Å². The molecule has 2 aromatic carbocycles. The number of ether oxygens (including phenoxy) is 1. The average Bonchev–Trinajstić information content (AvgIpc) is 3.29. The molecule has 1 aliphatic heterocycles. The molecule has 2 aromatic rings. The molecule has 32 heavy (non-hydrogen) atoms. The van der Waals surface area contributed by atoms with Crippen molar-refractivity contribution in [3.8, 4) is 0 Å². The minimum absolute atomic E-state index is 0.0291. The highest BCUT2D eigenvalue weighted by atomic mass is 19.1. The van der Waals surface area contributed by atoms with Crippen LogP contribution < -0.4 is 15.5 Å². The zero-order valence-electron chi connectivity index (χ0n) is 18.7. The number of nitrogens with one attached hydrogen (secondary N) is 2. The molecule has 6 nitrogen and oxygen atoms in total. The molecule has 0 aliphatic carbocycles. The molecular formula is C25H32FN3O3. The maximum atomic E-state index is 13.2. The number of benzene rings is 2. The minimum Gasteiger partial charge on any atom is -0.445 e. The maximum absolute atomic E-state index is 13.2. The largest absolute Gasteiger partial charge is 0.445 e. The molecule has 1 heterocycles. The lowest BCUT2D eigenvalue weighted by Gasteiger charge is -2.24. The summed E-state index contributed by atoms with van der Waals surface area (Å²) >= 11 is 0. The normalized spacial score (nSPS) is 17.5. The van der Waals surface area contributed by atoms with Crippen LogP contribution in [0.25, 0.3) is 0 Å². The Bertz CT molecular complexity index is 876. The Kier molecular flexibility index (Phi) is 8.48. The molecule has 172 valence electrons. The Morgan fingerprint density at radius 2 is 1.88 bits per heavy atom. The summed E-state index contributed by atoms with van der Waals surface area (Å²) in [6.07, 6.45) is 1.09. The minimum atomic E-state index is -0.655. The van der Waals surface area contributed by atoms with Gasteiger partial charge in [-0.05, 0) is 48.1 Å². The van der Waals surface area contributed by atoms with Gasteiger partial charge in [-0.25, -0.2) is 9.18 Å². The van der Waals surface area contributed by atoms with Crippen molar-refractivity contribution in [2.45, 2.75) is 39.3 Å². The van der Waals surface area contributed by atoms with Gasteiger partial charge in [0.05, 0.1) is 0 Å². The van der Waals surface area contributed by atoms with Crippen LogP contribution in [0.2, 0.25) is 0 Å². The van der Waals surface area contributed by atoms with E-state index >= 15 is 0 Å². The average molecular weight is 442 g/mol. The molecule has 1 fully saturated rings. The SMILES string of the molecule is CC[C@H](C)[C@H](NC(=O)OCc1ccccc1)C(=O)NCC1CCN(c2ccc(F)cc2)C1. The van der Waals surface area contributed by atoms with Gasteiger partial charge in [-0.1, -0.05) is 50.6 Å². The molecule has 1 saturated heterocycles. The van der Waals surface area contributed by atoms with Gasteiger partial charge in [0.15, 0.2) is 0 Å². The summed E-state index contributed by atoms with van der Waals surface area (Å²) in [5.74, 6) is -0.177. The van der Waals surface area contributed by atoms with Crippen molar-refractivity contribution in [2.24, 2.45) is 11.8 Å². The van der Waals surface area contributed by atoms with Crippen LogP contribution >= 0.6 is 0 Å². The predicted octanol–water partition coefficient (Wildman–Crippen LogP) is 4.11. The summed E-state index contributed by atoms with van der Waals surface area (Å²) in [6, 6.07) is 15.2. The fourth-order valence-corrected chi connectivity index (χ4v) is 3.83. The van der Waals surface area contributed by atoms with E-state index in [1.165, 1.54) is 12.1 Å². The van der Waals surface area contributed by atoms with Crippen LogP contribution in [0, 0.1) is 17.7 Å². The summed E-state index contributed by atoms with van der Waals surface area (Å²) in [6.45, 7) is 6.28. The molecule has 0 radical (unpaired) electrons. The molecule has 0 spiro atoms. The highest BCUT2D eigenvalue weighted by molar-refractivity contribution is 5.85. The Morgan fingerprint density at radius 1 is 1.16 bits per heavy atom. The van der Waals surface area contributed by atoms with Gasteiger partial charge >= 0.3 is 6.09 Å². The van der Waals surface area contributed by atoms with E-state index < -0.39 is 12.1 Å². The quantitative estimate of drug-likeness (QED) is 0.614. The number of nitrogens with zero attached hydrogens (tertiary/aromatic N) is 1. The number of anilines is 1. The number of carbonyl (C=O) groups excluding carboxylic acids is 2. The highest BCUT2D eigenvalue weighted by Crippen LogP contribution is 2.23. The van der Waals surface area contributed by atoms with E-state index in [0.29, 0.717) is 12.5 Å². The van der Waals surface area contributed by atoms with Crippen molar-refractivity contribution >= 4 is 17.7 Å². The first-order valence-electron chi connectivity index (χ1n) is 11.2. The van der Waals surface area contributed by atoms with Crippen LogP contribution in [-0.4, -0.2) is 37.7 Å². The van der Waals surface area contributed by atoms with Crippen LogP contribution in [0.4, 0.5) is 14.9 Å². The van der Waals surface area contributed by atoms with Gasteiger partial charge in [0.1, 0.15) is 18.5 Å². The first-order chi connectivity index (χ1) is 15.5. The number of amides is 2. The fourth-order valence-electron chi connectivity index (χ4n) is 3.83. The number of rotatable bonds is 9. The standard InChI is InChI=1S/C25H32FN3O3/c1-3-18(2)23(28-25(31)32-17-19-7-5-4-6-8-19)24(30)27-15-20-13-14-29(16-20)22-11-9-21(26)10-12-22/h4-12,18,20,23H,3,13-17H2,1-2H3,(H,27,30)(H,28,31)/t18-,20?,23-/m0/s1. The van der Waals surface area contributed by atoms with Gasteiger partial charge in [0, 0.05) is 25.3 Å². The van der Waals surface area contributed by atoms with Gasteiger partial charge in [-0.15, -0.1) is 0 Å². The van der Waals surface area contributed by atoms with Gasteiger partial charge in [-0.3, -0.25) is 4.79 Å². The first kappa shape index (κ1) is 23.6. The molecular weight excluding hydrogens is 409 g/mol. The van der Waals surface area contributed by atoms with E-state index in [1.54, 1.807) is 12.1 Å². The third-order valence-electron chi connectivity index (χ3n) is 6.02. The number of hydrogen-bond acceptors (Lipinski definition) is 4. The maximum Gasteiger partial charge on any atom is 0.408 e. The third-order valence-corrected chi connectivity index (χ3v) is 6.02. The summed E-state index contributed by atoms with van der Waals surface area (Å²) < 4.78 is 18.4. The number of carbonyl (C=O) groups is 2. The van der Waals surface area contributed by atoms with Crippen molar-refractivity contribution in [1.82, 2.24) is 10.6 Å². The topological polar surface area (TPSA) is 70.7 Å². The smallest absolute Gasteiger partial charge is 0.408 e. The summed E-state index contributed by atoms with van der Waals surface area (Å²) in [5.41, 5.74) is 1.87. The zero-order valence-corrected chi connectivity index (χ0v) is 18.7. The Hall–Kier alpha value is -3.09. The second-order valence-corrected chi connectivity index (χ2v) is 8.39. The molecule has 3 rings (SSSR count). The van der Waals surface area contributed by atoms with Crippen LogP contribution in [0.5, 0.6) is 0 Å². The molecule has 3 atom stereocenters. The summed E-state index contributed by atoms with van der Waals surface area (Å²) in [4.78, 5) is 27.3. The molecule has 1 aliphatic rings. The lowest BCUT2D eigenvalue weighted by atomic mass is 9.98. The third kappa shape index (κ3) is 6.70.